The highest BCUT2D eigenvalue weighted by Crippen LogP contribution is 2.32. The van der Waals surface area contributed by atoms with Gasteiger partial charge < -0.3 is 14.5 Å². The van der Waals surface area contributed by atoms with E-state index < -0.39 is 9.84 Å². The van der Waals surface area contributed by atoms with E-state index in [-0.39, 0.29) is 10.8 Å². The molecule has 0 atom stereocenters. The van der Waals surface area contributed by atoms with Gasteiger partial charge in [0.05, 0.1) is 29.1 Å². The Bertz CT molecular complexity index is 1280. The second kappa shape index (κ2) is 9.07. The molecule has 10 heteroatoms. The molecule has 0 saturated carbocycles. The molecule has 2 heterocycles. The van der Waals surface area contributed by atoms with Gasteiger partial charge in [0, 0.05) is 37.5 Å². The molecule has 1 amide bonds. The normalized spacial score (nSPS) is 14.4. The Balaban J connectivity index is 1.53. The van der Waals surface area contributed by atoms with E-state index in [9.17, 15) is 13.2 Å². The number of sulfone groups is 1. The van der Waals surface area contributed by atoms with Crippen LogP contribution in [0.15, 0.2) is 53.4 Å². The Kier molecular flexibility index (Phi) is 6.36. The number of carbonyl (C=O) groups is 1. The maximum absolute atomic E-state index is 13.4. The third kappa shape index (κ3) is 4.84. The molecule has 33 heavy (non-hydrogen) atoms. The minimum atomic E-state index is -3.30. The molecule has 174 valence electrons. The van der Waals surface area contributed by atoms with E-state index in [4.69, 9.17) is 16.3 Å². The van der Waals surface area contributed by atoms with E-state index in [1.54, 1.807) is 41.0 Å². The zero-order chi connectivity index (χ0) is 23.8. The summed E-state index contributed by atoms with van der Waals surface area (Å²) in [4.78, 5) is 17.5. The lowest BCUT2D eigenvalue weighted by Crippen LogP contribution is -2.49. The summed E-state index contributed by atoms with van der Waals surface area (Å²) < 4.78 is 30.5. The summed E-state index contributed by atoms with van der Waals surface area (Å²) in [7, 11) is -1.68. The number of hydrogen-bond acceptors (Lipinski definition) is 6. The highest BCUT2D eigenvalue weighted by Gasteiger charge is 2.27. The van der Waals surface area contributed by atoms with Crippen LogP contribution in [0.4, 0.5) is 5.69 Å². The van der Waals surface area contributed by atoms with Crippen LogP contribution < -0.4 is 9.64 Å². The van der Waals surface area contributed by atoms with Crippen LogP contribution in [0.1, 0.15) is 16.2 Å². The second-order valence-electron chi connectivity index (χ2n) is 7.94. The fourth-order valence-electron chi connectivity index (χ4n) is 3.91. The number of ether oxygens (including phenoxy) is 1. The third-order valence-electron chi connectivity index (χ3n) is 5.61. The van der Waals surface area contributed by atoms with E-state index in [2.05, 4.69) is 10.00 Å². The number of aromatic nitrogens is 2. The van der Waals surface area contributed by atoms with E-state index in [0.29, 0.717) is 48.3 Å². The summed E-state index contributed by atoms with van der Waals surface area (Å²) in [6, 6.07) is 13.6. The lowest BCUT2D eigenvalue weighted by molar-refractivity contribution is 0.0737. The highest BCUT2D eigenvalue weighted by molar-refractivity contribution is 7.90. The zero-order valence-corrected chi connectivity index (χ0v) is 20.2. The monoisotopic (exact) mass is 488 g/mol. The summed E-state index contributed by atoms with van der Waals surface area (Å²) in [5, 5.41) is 5.09. The maximum Gasteiger partial charge on any atom is 0.272 e. The van der Waals surface area contributed by atoms with Crippen LogP contribution in [0.2, 0.25) is 5.02 Å². The second-order valence-corrected chi connectivity index (χ2v) is 10.4. The minimum Gasteiger partial charge on any atom is -0.495 e. The number of anilines is 1. The highest BCUT2D eigenvalue weighted by atomic mass is 35.5. The first kappa shape index (κ1) is 23.1. The number of methoxy groups -OCH3 is 1. The zero-order valence-electron chi connectivity index (χ0n) is 18.7. The van der Waals surface area contributed by atoms with Gasteiger partial charge in [0.25, 0.3) is 5.91 Å². The van der Waals surface area contributed by atoms with Gasteiger partial charge >= 0.3 is 0 Å². The van der Waals surface area contributed by atoms with Crippen molar-refractivity contribution >= 4 is 33.0 Å². The molecule has 4 rings (SSSR count). The number of aryl methyl sites for hydroxylation is 1. The fraction of sp³-hybridized carbons (Fsp3) is 0.304. The van der Waals surface area contributed by atoms with Gasteiger partial charge in [-0.2, -0.15) is 5.10 Å². The van der Waals surface area contributed by atoms with Crippen molar-refractivity contribution in [1.82, 2.24) is 14.7 Å². The van der Waals surface area contributed by atoms with Crippen molar-refractivity contribution in [1.29, 1.82) is 0 Å². The molecule has 3 aromatic rings. The molecule has 0 aliphatic carbocycles. The van der Waals surface area contributed by atoms with Crippen molar-refractivity contribution in [3.8, 4) is 11.4 Å². The molecule has 0 unspecified atom stereocenters. The first-order valence-electron chi connectivity index (χ1n) is 10.4. The first-order chi connectivity index (χ1) is 15.7. The molecule has 1 aliphatic rings. The van der Waals surface area contributed by atoms with E-state index in [0.717, 1.165) is 17.7 Å². The Morgan fingerprint density at radius 3 is 2.30 bits per heavy atom. The number of halogens is 1. The van der Waals surface area contributed by atoms with Crippen molar-refractivity contribution in [2.24, 2.45) is 0 Å². The van der Waals surface area contributed by atoms with Crippen LogP contribution >= 0.6 is 11.6 Å². The van der Waals surface area contributed by atoms with Crippen LogP contribution in [-0.2, 0) is 9.84 Å². The lowest BCUT2D eigenvalue weighted by atomic mass is 10.2. The number of amides is 1. The van der Waals surface area contributed by atoms with Crippen molar-refractivity contribution in [2.45, 2.75) is 11.8 Å². The molecule has 2 aromatic carbocycles. The summed E-state index contributed by atoms with van der Waals surface area (Å²) in [6.07, 6.45) is 1.16. The van der Waals surface area contributed by atoms with E-state index in [1.165, 1.54) is 12.1 Å². The van der Waals surface area contributed by atoms with Gasteiger partial charge in [0.2, 0.25) is 0 Å². The summed E-state index contributed by atoms with van der Waals surface area (Å²) in [5.41, 5.74) is 2.67. The Hall–Kier alpha value is -3.04. The molecule has 1 aliphatic heterocycles. The average molecular weight is 489 g/mol. The number of benzene rings is 2. The summed E-state index contributed by atoms with van der Waals surface area (Å²) >= 11 is 6.17. The third-order valence-corrected chi connectivity index (χ3v) is 6.97. The topological polar surface area (TPSA) is 84.7 Å². The SMILES string of the molecule is COc1ccc(Cl)cc1N1CCN(C(=O)c2cc(C)nn2-c2ccc(S(C)(=O)=O)cc2)CC1. The summed E-state index contributed by atoms with van der Waals surface area (Å²) in [6.45, 7) is 4.16. The van der Waals surface area contributed by atoms with Crippen LogP contribution in [0.5, 0.6) is 5.75 Å². The molecule has 8 nitrogen and oxygen atoms in total. The van der Waals surface area contributed by atoms with Crippen molar-refractivity contribution in [3.05, 3.63) is 64.9 Å². The van der Waals surface area contributed by atoms with Crippen LogP contribution in [0, 0.1) is 6.92 Å². The molecule has 1 saturated heterocycles. The smallest absolute Gasteiger partial charge is 0.272 e. The largest absolute Gasteiger partial charge is 0.495 e. The van der Waals surface area contributed by atoms with Crippen molar-refractivity contribution < 1.29 is 17.9 Å². The first-order valence-corrected chi connectivity index (χ1v) is 12.7. The van der Waals surface area contributed by atoms with Crippen LogP contribution in [0.25, 0.3) is 5.69 Å². The van der Waals surface area contributed by atoms with Gasteiger partial charge in [0.1, 0.15) is 11.4 Å². The molecule has 0 spiro atoms. The van der Waals surface area contributed by atoms with Crippen molar-refractivity contribution in [2.75, 3.05) is 44.4 Å². The Morgan fingerprint density at radius 1 is 1.03 bits per heavy atom. The number of nitrogens with zero attached hydrogens (tertiary/aromatic N) is 4. The van der Waals surface area contributed by atoms with Gasteiger partial charge in [-0.3, -0.25) is 4.79 Å². The molecule has 0 N–H and O–H groups in total. The molecule has 1 fully saturated rings. The molecule has 0 radical (unpaired) electrons. The number of piperazine rings is 1. The minimum absolute atomic E-state index is 0.125. The van der Waals surface area contributed by atoms with E-state index in [1.807, 2.05) is 19.1 Å². The van der Waals surface area contributed by atoms with Crippen LogP contribution in [-0.4, -0.2) is 68.5 Å². The quantitative estimate of drug-likeness (QED) is 0.548. The predicted octanol–water partition coefficient (Wildman–Crippen LogP) is 3.21. The average Bonchev–Trinajstić information content (AvgIpc) is 3.20. The number of carbonyl (C=O) groups excluding carboxylic acids is 1. The van der Waals surface area contributed by atoms with Gasteiger partial charge in [-0.15, -0.1) is 0 Å². The molecular formula is C23H25ClN4O4S. The van der Waals surface area contributed by atoms with Gasteiger partial charge in [-0.05, 0) is 55.5 Å². The number of rotatable bonds is 5. The predicted molar refractivity (Wildman–Crippen MR) is 128 cm³/mol. The fourth-order valence-corrected chi connectivity index (χ4v) is 4.70. The number of hydrogen-bond donors (Lipinski definition) is 0. The van der Waals surface area contributed by atoms with Crippen molar-refractivity contribution in [3.63, 3.8) is 0 Å². The van der Waals surface area contributed by atoms with E-state index >= 15 is 0 Å². The summed E-state index contributed by atoms with van der Waals surface area (Å²) in [5.74, 6) is 0.617. The van der Waals surface area contributed by atoms with Gasteiger partial charge in [-0.1, -0.05) is 11.6 Å². The molecular weight excluding hydrogens is 464 g/mol. The molecule has 0 bridgehead atoms. The van der Waals surface area contributed by atoms with Crippen LogP contribution in [0.3, 0.4) is 0 Å². The maximum atomic E-state index is 13.4. The Labute approximate surface area is 198 Å². The lowest BCUT2D eigenvalue weighted by Gasteiger charge is -2.36. The van der Waals surface area contributed by atoms with Gasteiger partial charge in [0.15, 0.2) is 9.84 Å². The Morgan fingerprint density at radius 2 is 1.70 bits per heavy atom. The van der Waals surface area contributed by atoms with Gasteiger partial charge in [-0.25, -0.2) is 13.1 Å². The standard InChI is InChI=1S/C23H25ClN4O4S/c1-16-14-21(28(25-16)18-5-7-19(8-6-18)33(3,30)31)23(29)27-12-10-26(11-13-27)20-15-17(24)4-9-22(20)32-2/h4-9,14-15H,10-13H2,1-3H3. The molecule has 1 aromatic heterocycles.